The summed E-state index contributed by atoms with van der Waals surface area (Å²) in [6.07, 6.45) is 0. The molecule has 0 unspecified atom stereocenters. The molecule has 0 saturated carbocycles. The minimum absolute atomic E-state index is 0.156. The lowest BCUT2D eigenvalue weighted by Crippen LogP contribution is -2.02. The molecule has 108 valence electrons. The number of hydrogen-bond acceptors (Lipinski definition) is 4. The fraction of sp³-hybridized carbons (Fsp3) is 0.0714. The number of aromatic carboxylic acids is 1. The number of halogens is 1. The first-order valence-electron chi connectivity index (χ1n) is 5.84. The van der Waals surface area contributed by atoms with E-state index >= 15 is 0 Å². The minimum Gasteiger partial charge on any atom is -0.477 e. The van der Waals surface area contributed by atoms with Crippen LogP contribution in [0.3, 0.4) is 0 Å². The summed E-state index contributed by atoms with van der Waals surface area (Å²) in [7, 11) is 0. The van der Waals surface area contributed by atoms with Crippen LogP contribution >= 0.6 is 11.6 Å². The number of carbonyl (C=O) groups is 1. The fourth-order valence-electron chi connectivity index (χ4n) is 1.72. The molecule has 0 spiro atoms. The van der Waals surface area contributed by atoms with E-state index in [4.69, 9.17) is 21.4 Å². The molecule has 0 fully saturated rings. The number of carboxylic acid groups (broad SMARTS) is 1. The molecule has 2 aromatic carbocycles. The monoisotopic (exact) mass is 307 g/mol. The van der Waals surface area contributed by atoms with Gasteiger partial charge in [0.05, 0.1) is 9.95 Å². The lowest BCUT2D eigenvalue weighted by Gasteiger charge is -2.09. The van der Waals surface area contributed by atoms with Gasteiger partial charge in [0.1, 0.15) is 17.1 Å². The second-order valence-corrected chi connectivity index (χ2v) is 4.68. The summed E-state index contributed by atoms with van der Waals surface area (Å²) in [6, 6.07) is 8.61. The third-order valence-corrected chi connectivity index (χ3v) is 3.01. The molecule has 0 aliphatic heterocycles. The van der Waals surface area contributed by atoms with E-state index in [1.54, 1.807) is 18.2 Å². The molecule has 1 N–H and O–H groups in total. The zero-order chi connectivity index (χ0) is 15.6. The van der Waals surface area contributed by atoms with Crippen LogP contribution in [0.25, 0.3) is 0 Å². The van der Waals surface area contributed by atoms with Crippen LogP contribution in [-0.2, 0) is 0 Å². The Bertz CT molecular complexity index is 729. The van der Waals surface area contributed by atoms with Crippen molar-refractivity contribution in [3.8, 4) is 11.5 Å². The first kappa shape index (κ1) is 14.8. The van der Waals surface area contributed by atoms with Gasteiger partial charge in [0.25, 0.3) is 5.69 Å². The lowest BCUT2D eigenvalue weighted by atomic mass is 10.1. The van der Waals surface area contributed by atoms with Gasteiger partial charge in [0.2, 0.25) is 0 Å². The summed E-state index contributed by atoms with van der Waals surface area (Å²) in [6.45, 7) is 1.87. The second-order valence-electron chi connectivity index (χ2n) is 4.28. The Morgan fingerprint density at radius 1 is 1.29 bits per heavy atom. The number of nitrogens with zero attached hydrogens (tertiary/aromatic N) is 1. The van der Waals surface area contributed by atoms with Crippen molar-refractivity contribution in [2.24, 2.45) is 0 Å². The van der Waals surface area contributed by atoms with Crippen LogP contribution in [0.15, 0.2) is 36.4 Å². The van der Waals surface area contributed by atoms with Crippen molar-refractivity contribution in [1.29, 1.82) is 0 Å². The van der Waals surface area contributed by atoms with Crippen molar-refractivity contribution in [3.63, 3.8) is 0 Å². The number of nitro groups is 1. The molecule has 0 bridgehead atoms. The average molecular weight is 308 g/mol. The topological polar surface area (TPSA) is 89.7 Å². The van der Waals surface area contributed by atoms with Crippen LogP contribution < -0.4 is 4.74 Å². The van der Waals surface area contributed by atoms with Gasteiger partial charge in [-0.15, -0.1) is 0 Å². The van der Waals surface area contributed by atoms with Crippen LogP contribution in [0.1, 0.15) is 15.9 Å². The van der Waals surface area contributed by atoms with E-state index in [0.29, 0.717) is 10.8 Å². The van der Waals surface area contributed by atoms with E-state index < -0.39 is 22.1 Å². The maximum atomic E-state index is 11.1. The van der Waals surface area contributed by atoms with Gasteiger partial charge in [-0.05, 0) is 30.7 Å². The van der Waals surface area contributed by atoms with E-state index in [-0.39, 0.29) is 5.75 Å². The molecule has 0 aromatic heterocycles. The molecule has 0 aliphatic carbocycles. The highest BCUT2D eigenvalue weighted by atomic mass is 35.5. The Hall–Kier alpha value is -2.60. The van der Waals surface area contributed by atoms with E-state index in [1.807, 2.05) is 6.92 Å². The highest BCUT2D eigenvalue weighted by Gasteiger charge is 2.20. The summed E-state index contributed by atoms with van der Waals surface area (Å²) >= 11 is 6.01. The standard InChI is InChI=1S/C14H10ClNO5/c1-8-2-5-13(11(15)6-8)21-9-3-4-12(16(19)20)10(7-9)14(17)18/h2-7H,1H3,(H,17,18). The van der Waals surface area contributed by atoms with Crippen LogP contribution in [0, 0.1) is 17.0 Å². The van der Waals surface area contributed by atoms with Gasteiger partial charge in [0, 0.05) is 12.1 Å². The molecule has 0 heterocycles. The molecular weight excluding hydrogens is 298 g/mol. The first-order chi connectivity index (χ1) is 9.88. The van der Waals surface area contributed by atoms with Crippen molar-refractivity contribution in [3.05, 3.63) is 62.7 Å². The minimum atomic E-state index is -1.40. The zero-order valence-electron chi connectivity index (χ0n) is 10.9. The molecule has 7 heteroatoms. The third kappa shape index (κ3) is 3.29. The van der Waals surface area contributed by atoms with Gasteiger partial charge in [-0.1, -0.05) is 17.7 Å². The molecular formula is C14H10ClNO5. The molecule has 0 amide bonds. The number of rotatable bonds is 4. The van der Waals surface area contributed by atoms with E-state index in [2.05, 4.69) is 0 Å². The van der Waals surface area contributed by atoms with Gasteiger partial charge in [-0.2, -0.15) is 0 Å². The normalized spacial score (nSPS) is 10.2. The summed E-state index contributed by atoms with van der Waals surface area (Å²) in [5.74, 6) is -0.904. The van der Waals surface area contributed by atoms with Gasteiger partial charge in [0.15, 0.2) is 0 Å². The van der Waals surface area contributed by atoms with Gasteiger partial charge in [-0.3, -0.25) is 10.1 Å². The van der Waals surface area contributed by atoms with Crippen molar-refractivity contribution in [1.82, 2.24) is 0 Å². The van der Waals surface area contributed by atoms with Crippen molar-refractivity contribution in [2.45, 2.75) is 6.92 Å². The number of nitro benzene ring substituents is 1. The summed E-state index contributed by atoms with van der Waals surface area (Å²) in [5.41, 5.74) is 0.00728. The highest BCUT2D eigenvalue weighted by Crippen LogP contribution is 2.32. The number of aryl methyl sites for hydroxylation is 1. The van der Waals surface area contributed by atoms with E-state index in [9.17, 15) is 14.9 Å². The van der Waals surface area contributed by atoms with Crippen molar-refractivity contribution < 1.29 is 19.6 Å². The highest BCUT2D eigenvalue weighted by molar-refractivity contribution is 6.32. The predicted molar refractivity (Wildman–Crippen MR) is 76.3 cm³/mol. The SMILES string of the molecule is Cc1ccc(Oc2ccc([N+](=O)[O-])c(C(=O)O)c2)c(Cl)c1. The fourth-order valence-corrected chi connectivity index (χ4v) is 2.00. The Morgan fingerprint density at radius 3 is 2.57 bits per heavy atom. The Labute approximate surface area is 124 Å². The summed E-state index contributed by atoms with van der Waals surface area (Å²) in [4.78, 5) is 21.1. The number of carboxylic acids is 1. The van der Waals surface area contributed by atoms with Crippen LogP contribution in [-0.4, -0.2) is 16.0 Å². The van der Waals surface area contributed by atoms with Crippen molar-refractivity contribution in [2.75, 3.05) is 0 Å². The maximum Gasteiger partial charge on any atom is 0.342 e. The smallest absolute Gasteiger partial charge is 0.342 e. The average Bonchev–Trinajstić information content (AvgIpc) is 2.41. The first-order valence-corrected chi connectivity index (χ1v) is 6.22. The molecule has 2 aromatic rings. The van der Waals surface area contributed by atoms with Crippen LogP contribution in [0.5, 0.6) is 11.5 Å². The van der Waals surface area contributed by atoms with Gasteiger partial charge < -0.3 is 9.84 Å². The molecule has 0 atom stereocenters. The van der Waals surface area contributed by atoms with Crippen LogP contribution in [0.4, 0.5) is 5.69 Å². The third-order valence-electron chi connectivity index (χ3n) is 2.71. The lowest BCUT2D eigenvalue weighted by molar-refractivity contribution is -0.385. The maximum absolute atomic E-state index is 11.1. The Morgan fingerprint density at radius 2 is 2.00 bits per heavy atom. The summed E-state index contributed by atoms with van der Waals surface area (Å²) in [5, 5.41) is 20.1. The second kappa shape index (κ2) is 5.80. The van der Waals surface area contributed by atoms with Crippen LogP contribution in [0.2, 0.25) is 5.02 Å². The van der Waals surface area contributed by atoms with E-state index in [0.717, 1.165) is 17.7 Å². The molecule has 6 nitrogen and oxygen atoms in total. The molecule has 0 aliphatic rings. The van der Waals surface area contributed by atoms with E-state index in [1.165, 1.54) is 6.07 Å². The van der Waals surface area contributed by atoms with Gasteiger partial charge in [-0.25, -0.2) is 4.79 Å². The summed E-state index contributed by atoms with van der Waals surface area (Å²) < 4.78 is 5.47. The molecule has 2 rings (SSSR count). The number of ether oxygens (including phenoxy) is 1. The number of hydrogen-bond donors (Lipinski definition) is 1. The van der Waals surface area contributed by atoms with Gasteiger partial charge >= 0.3 is 5.97 Å². The van der Waals surface area contributed by atoms with Crippen molar-refractivity contribution >= 4 is 23.3 Å². The quantitative estimate of drug-likeness (QED) is 0.680. The largest absolute Gasteiger partial charge is 0.477 e. The molecule has 0 radical (unpaired) electrons. The molecule has 21 heavy (non-hydrogen) atoms. The Kier molecular flexibility index (Phi) is 4.09. The zero-order valence-corrected chi connectivity index (χ0v) is 11.6. The predicted octanol–water partition coefficient (Wildman–Crippen LogP) is 4.05. The molecule has 0 saturated heterocycles. The number of benzene rings is 2. The Balaban J connectivity index is 2.39.